The second-order valence-corrected chi connectivity index (χ2v) is 3.40. The summed E-state index contributed by atoms with van der Waals surface area (Å²) in [4.78, 5) is 12.4. The molecular weight excluding hydrogens is 218 g/mol. The summed E-state index contributed by atoms with van der Waals surface area (Å²) in [6, 6.07) is 0. The van der Waals surface area contributed by atoms with E-state index in [4.69, 9.17) is 10.9 Å². The van der Waals surface area contributed by atoms with Crippen LogP contribution in [0.1, 0.15) is 11.5 Å². The minimum absolute atomic E-state index is 0.377. The van der Waals surface area contributed by atoms with Crippen LogP contribution < -0.4 is 5.32 Å². The van der Waals surface area contributed by atoms with E-state index in [0.717, 1.165) is 5.56 Å². The smallest absolute Gasteiger partial charge is 0.241 e. The summed E-state index contributed by atoms with van der Waals surface area (Å²) in [5, 5.41) is 6.74. The molecule has 2 aromatic rings. The molecule has 0 aliphatic carbocycles. The Balaban J connectivity index is 2.08. The van der Waals surface area contributed by atoms with Crippen LogP contribution in [0.2, 0.25) is 0 Å². The third kappa shape index (κ3) is 2.86. The van der Waals surface area contributed by atoms with E-state index in [1.54, 1.807) is 12.4 Å². The zero-order valence-corrected chi connectivity index (χ0v) is 9.34. The number of rotatable bonds is 4. The van der Waals surface area contributed by atoms with E-state index in [1.165, 1.54) is 0 Å². The SMILES string of the molecule is C#CCNCc1nc(-c2ncc(C)cn2)no1. The van der Waals surface area contributed by atoms with Crippen LogP contribution in [0.5, 0.6) is 0 Å². The van der Waals surface area contributed by atoms with Crippen molar-refractivity contribution in [3.05, 3.63) is 23.8 Å². The lowest BCUT2D eigenvalue weighted by atomic mass is 10.4. The van der Waals surface area contributed by atoms with Crippen molar-refractivity contribution in [2.45, 2.75) is 13.5 Å². The van der Waals surface area contributed by atoms with E-state index in [9.17, 15) is 0 Å². The average molecular weight is 229 g/mol. The second-order valence-electron chi connectivity index (χ2n) is 3.40. The lowest BCUT2D eigenvalue weighted by Crippen LogP contribution is -2.13. The van der Waals surface area contributed by atoms with Crippen molar-refractivity contribution in [3.63, 3.8) is 0 Å². The Kier molecular flexibility index (Phi) is 3.43. The quantitative estimate of drug-likeness (QED) is 0.609. The number of aromatic nitrogens is 4. The molecule has 0 aliphatic heterocycles. The Hall–Kier alpha value is -2.26. The summed E-state index contributed by atoms with van der Waals surface area (Å²) in [7, 11) is 0. The molecule has 1 N–H and O–H groups in total. The number of hydrogen-bond acceptors (Lipinski definition) is 6. The van der Waals surface area contributed by atoms with Crippen molar-refractivity contribution >= 4 is 0 Å². The Labute approximate surface area is 98.5 Å². The van der Waals surface area contributed by atoms with Crippen molar-refractivity contribution in [1.82, 2.24) is 25.4 Å². The van der Waals surface area contributed by atoms with Crippen LogP contribution in [-0.4, -0.2) is 26.7 Å². The standard InChI is InChI=1S/C11H11N5O/c1-3-4-12-7-9-15-11(16-17-9)10-13-5-8(2)6-14-10/h1,5-6,12H,4,7H2,2H3. The molecule has 0 aliphatic rings. The molecule has 0 unspecified atom stereocenters. The lowest BCUT2D eigenvalue weighted by Gasteiger charge is -1.93. The summed E-state index contributed by atoms with van der Waals surface area (Å²) in [5.74, 6) is 3.74. The van der Waals surface area contributed by atoms with Gasteiger partial charge in [-0.15, -0.1) is 6.42 Å². The van der Waals surface area contributed by atoms with Crippen LogP contribution in [0.25, 0.3) is 11.6 Å². The van der Waals surface area contributed by atoms with Gasteiger partial charge in [0.05, 0.1) is 13.1 Å². The zero-order chi connectivity index (χ0) is 12.1. The predicted molar refractivity (Wildman–Crippen MR) is 60.6 cm³/mol. The molecule has 0 saturated carbocycles. The zero-order valence-electron chi connectivity index (χ0n) is 9.34. The fraction of sp³-hybridized carbons (Fsp3) is 0.273. The van der Waals surface area contributed by atoms with E-state index in [-0.39, 0.29) is 0 Å². The van der Waals surface area contributed by atoms with E-state index in [0.29, 0.717) is 30.6 Å². The Bertz CT molecular complexity index is 526. The van der Waals surface area contributed by atoms with Gasteiger partial charge in [0.2, 0.25) is 17.5 Å². The highest BCUT2D eigenvalue weighted by molar-refractivity contribution is 5.40. The first-order valence-electron chi connectivity index (χ1n) is 5.05. The highest BCUT2D eigenvalue weighted by Crippen LogP contribution is 2.09. The van der Waals surface area contributed by atoms with Gasteiger partial charge in [-0.25, -0.2) is 9.97 Å². The molecular formula is C11H11N5O. The maximum atomic E-state index is 5.10. The maximum absolute atomic E-state index is 5.10. The Morgan fingerprint density at radius 2 is 2.12 bits per heavy atom. The van der Waals surface area contributed by atoms with Gasteiger partial charge in [0, 0.05) is 12.4 Å². The highest BCUT2D eigenvalue weighted by Gasteiger charge is 2.10. The first kappa shape index (κ1) is 11.2. The largest absolute Gasteiger partial charge is 0.337 e. The molecule has 0 atom stereocenters. The average Bonchev–Trinajstić information content (AvgIpc) is 2.79. The van der Waals surface area contributed by atoms with Crippen molar-refractivity contribution < 1.29 is 4.52 Å². The monoisotopic (exact) mass is 229 g/mol. The van der Waals surface area contributed by atoms with Gasteiger partial charge in [-0.05, 0) is 12.5 Å². The summed E-state index contributed by atoms with van der Waals surface area (Å²) in [6.07, 6.45) is 8.51. The maximum Gasteiger partial charge on any atom is 0.241 e. The van der Waals surface area contributed by atoms with Crippen molar-refractivity contribution in [2.24, 2.45) is 0 Å². The van der Waals surface area contributed by atoms with Crippen LogP contribution in [0, 0.1) is 19.3 Å². The Morgan fingerprint density at radius 3 is 2.82 bits per heavy atom. The lowest BCUT2D eigenvalue weighted by molar-refractivity contribution is 0.370. The van der Waals surface area contributed by atoms with Crippen molar-refractivity contribution in [2.75, 3.05) is 6.54 Å². The predicted octanol–water partition coefficient (Wildman–Crippen LogP) is 0.558. The minimum Gasteiger partial charge on any atom is -0.337 e. The molecule has 0 fully saturated rings. The molecule has 2 rings (SSSR count). The highest BCUT2D eigenvalue weighted by atomic mass is 16.5. The van der Waals surface area contributed by atoms with Gasteiger partial charge in [0.1, 0.15) is 0 Å². The summed E-state index contributed by atoms with van der Waals surface area (Å²) >= 11 is 0. The van der Waals surface area contributed by atoms with Gasteiger partial charge in [-0.1, -0.05) is 11.1 Å². The molecule has 2 heterocycles. The van der Waals surface area contributed by atoms with Crippen molar-refractivity contribution in [3.8, 4) is 24.0 Å². The van der Waals surface area contributed by atoms with Gasteiger partial charge < -0.3 is 4.52 Å². The number of hydrogen-bond donors (Lipinski definition) is 1. The molecule has 0 aromatic carbocycles. The fourth-order valence-corrected chi connectivity index (χ4v) is 1.17. The van der Waals surface area contributed by atoms with Crippen LogP contribution >= 0.6 is 0 Å². The van der Waals surface area contributed by atoms with Gasteiger partial charge in [0.25, 0.3) is 0 Å². The van der Waals surface area contributed by atoms with Crippen LogP contribution in [0.3, 0.4) is 0 Å². The van der Waals surface area contributed by atoms with Gasteiger partial charge in [-0.3, -0.25) is 5.32 Å². The molecule has 0 bridgehead atoms. The molecule has 0 amide bonds. The normalized spacial score (nSPS) is 10.1. The van der Waals surface area contributed by atoms with E-state index < -0.39 is 0 Å². The van der Waals surface area contributed by atoms with Gasteiger partial charge >= 0.3 is 0 Å². The molecule has 6 heteroatoms. The fourth-order valence-electron chi connectivity index (χ4n) is 1.17. The molecule has 0 radical (unpaired) electrons. The first-order chi connectivity index (χ1) is 8.29. The number of aryl methyl sites for hydroxylation is 1. The van der Waals surface area contributed by atoms with E-state index in [2.05, 4.69) is 31.3 Å². The molecule has 17 heavy (non-hydrogen) atoms. The first-order valence-corrected chi connectivity index (χ1v) is 5.05. The summed E-state index contributed by atoms with van der Waals surface area (Å²) in [5.41, 5.74) is 0.980. The Morgan fingerprint density at radius 1 is 1.35 bits per heavy atom. The molecule has 0 saturated heterocycles. The third-order valence-electron chi connectivity index (χ3n) is 1.95. The third-order valence-corrected chi connectivity index (χ3v) is 1.95. The van der Waals surface area contributed by atoms with Crippen LogP contribution in [0.4, 0.5) is 0 Å². The molecule has 2 aromatic heterocycles. The van der Waals surface area contributed by atoms with E-state index in [1.807, 2.05) is 6.92 Å². The molecule has 6 nitrogen and oxygen atoms in total. The molecule has 86 valence electrons. The summed E-state index contributed by atoms with van der Waals surface area (Å²) < 4.78 is 5.02. The number of nitrogens with zero attached hydrogens (tertiary/aromatic N) is 4. The van der Waals surface area contributed by atoms with Crippen LogP contribution in [0.15, 0.2) is 16.9 Å². The second kappa shape index (κ2) is 5.18. The van der Waals surface area contributed by atoms with E-state index >= 15 is 0 Å². The van der Waals surface area contributed by atoms with Gasteiger partial charge in [0.15, 0.2) is 0 Å². The summed E-state index contributed by atoms with van der Waals surface area (Å²) in [6.45, 7) is 2.80. The minimum atomic E-state index is 0.377. The molecule has 0 spiro atoms. The topological polar surface area (TPSA) is 76.7 Å². The van der Waals surface area contributed by atoms with Crippen LogP contribution in [-0.2, 0) is 6.54 Å². The number of nitrogens with one attached hydrogen (secondary N) is 1. The van der Waals surface area contributed by atoms with Crippen molar-refractivity contribution in [1.29, 1.82) is 0 Å². The van der Waals surface area contributed by atoms with Gasteiger partial charge in [-0.2, -0.15) is 4.98 Å². The number of terminal acetylenes is 1.